The lowest BCUT2D eigenvalue weighted by molar-refractivity contribution is -0.140. The molecule has 14 heteroatoms. The Morgan fingerprint density at radius 3 is 2.53 bits per heavy atom. The van der Waals surface area contributed by atoms with Crippen molar-refractivity contribution in [2.75, 3.05) is 5.32 Å². The quantitative estimate of drug-likeness (QED) is 0.282. The van der Waals surface area contributed by atoms with Crippen LogP contribution in [0.2, 0.25) is 0 Å². The standard InChI is InChI=1S/C22H11BrF4N6O2S/c23-14-16(32-33-7-1-6-29-19(14)33)20(35)31-15-13-11(9-2-4-10(24)5-3-9)8-12(22(25,26)27)30-21(13)36-17(15)18(28)34/h1-8H,(H2,28,34)(H,31,35). The first-order valence-electron chi connectivity index (χ1n) is 9.95. The summed E-state index contributed by atoms with van der Waals surface area (Å²) in [5.74, 6) is -2.36. The highest BCUT2D eigenvalue weighted by Gasteiger charge is 2.35. The number of aromatic nitrogens is 4. The molecule has 0 atom stereocenters. The van der Waals surface area contributed by atoms with Crippen LogP contribution in [0, 0.1) is 5.82 Å². The second kappa shape index (κ2) is 8.64. The fourth-order valence-electron chi connectivity index (χ4n) is 3.57. The Hall–Kier alpha value is -3.91. The van der Waals surface area contributed by atoms with E-state index in [0.717, 1.165) is 18.2 Å². The van der Waals surface area contributed by atoms with Crippen LogP contribution in [0.25, 0.3) is 27.0 Å². The van der Waals surface area contributed by atoms with E-state index in [-0.39, 0.29) is 42.1 Å². The van der Waals surface area contributed by atoms with Crippen molar-refractivity contribution in [3.8, 4) is 11.1 Å². The van der Waals surface area contributed by atoms with Crippen molar-refractivity contribution < 1.29 is 27.2 Å². The Balaban J connectivity index is 1.74. The number of nitrogens with two attached hydrogens (primary N) is 1. The summed E-state index contributed by atoms with van der Waals surface area (Å²) in [5.41, 5.74) is 4.57. The number of alkyl halides is 3. The Morgan fingerprint density at radius 2 is 1.89 bits per heavy atom. The molecule has 0 radical (unpaired) electrons. The van der Waals surface area contributed by atoms with E-state index >= 15 is 0 Å². The number of nitrogens with one attached hydrogen (secondary N) is 1. The lowest BCUT2D eigenvalue weighted by Gasteiger charge is -2.12. The molecule has 4 heterocycles. The molecule has 3 N–H and O–H groups in total. The highest BCUT2D eigenvalue weighted by molar-refractivity contribution is 9.10. The van der Waals surface area contributed by atoms with Crippen LogP contribution < -0.4 is 11.1 Å². The summed E-state index contributed by atoms with van der Waals surface area (Å²) in [6.07, 6.45) is -1.74. The van der Waals surface area contributed by atoms with Gasteiger partial charge in [-0.25, -0.2) is 18.9 Å². The molecule has 0 saturated heterocycles. The topological polar surface area (TPSA) is 115 Å². The number of thiophene rings is 1. The molecule has 0 bridgehead atoms. The number of fused-ring (bicyclic) bond motifs is 2. The van der Waals surface area contributed by atoms with Gasteiger partial charge in [-0.05, 0) is 51.3 Å². The number of rotatable bonds is 4. The Bertz CT molecular complexity index is 1680. The summed E-state index contributed by atoms with van der Waals surface area (Å²) in [5, 5.41) is 6.76. The summed E-state index contributed by atoms with van der Waals surface area (Å²) in [7, 11) is 0. The van der Waals surface area contributed by atoms with Gasteiger partial charge in [0.2, 0.25) is 0 Å². The van der Waals surface area contributed by atoms with Gasteiger partial charge >= 0.3 is 6.18 Å². The van der Waals surface area contributed by atoms with E-state index < -0.39 is 29.5 Å². The third-order valence-electron chi connectivity index (χ3n) is 5.12. The number of nitrogens with zero attached hydrogens (tertiary/aromatic N) is 4. The van der Waals surface area contributed by atoms with E-state index in [1.165, 1.54) is 22.8 Å². The van der Waals surface area contributed by atoms with Gasteiger partial charge in [0.1, 0.15) is 21.2 Å². The molecule has 0 aliphatic carbocycles. The maximum atomic E-state index is 13.6. The fraction of sp³-hybridized carbons (Fsp3) is 0.0455. The SMILES string of the molecule is NC(=O)c1sc2nc(C(F)(F)F)cc(-c3ccc(F)cc3)c2c1NC(=O)c1nn2cccnc2c1Br. The molecule has 36 heavy (non-hydrogen) atoms. The molecule has 0 spiro atoms. The van der Waals surface area contributed by atoms with E-state index in [4.69, 9.17) is 5.73 Å². The molecule has 0 aliphatic rings. The van der Waals surface area contributed by atoms with Crippen LogP contribution in [0.5, 0.6) is 0 Å². The third kappa shape index (κ3) is 4.07. The zero-order chi connectivity index (χ0) is 25.8. The van der Waals surface area contributed by atoms with Gasteiger partial charge in [0.25, 0.3) is 11.8 Å². The van der Waals surface area contributed by atoms with Crippen molar-refractivity contribution in [1.82, 2.24) is 19.6 Å². The number of anilines is 1. The number of amides is 2. The van der Waals surface area contributed by atoms with Gasteiger partial charge in [0.05, 0.1) is 10.2 Å². The second-order valence-electron chi connectivity index (χ2n) is 7.41. The predicted octanol–water partition coefficient (Wildman–Crippen LogP) is 5.28. The largest absolute Gasteiger partial charge is 0.433 e. The first kappa shape index (κ1) is 23.8. The molecule has 0 aliphatic heterocycles. The zero-order valence-corrected chi connectivity index (χ0v) is 20.0. The van der Waals surface area contributed by atoms with Crippen LogP contribution in [0.4, 0.5) is 23.2 Å². The van der Waals surface area contributed by atoms with Crippen molar-refractivity contribution in [2.24, 2.45) is 5.73 Å². The number of pyridine rings is 1. The number of halogens is 5. The van der Waals surface area contributed by atoms with Crippen LogP contribution in [0.15, 0.2) is 53.3 Å². The molecular formula is C22H11BrF4N6O2S. The summed E-state index contributed by atoms with van der Waals surface area (Å²) in [4.78, 5) is 32.8. The highest BCUT2D eigenvalue weighted by atomic mass is 79.9. The summed E-state index contributed by atoms with van der Waals surface area (Å²) >= 11 is 3.87. The maximum absolute atomic E-state index is 13.6. The van der Waals surface area contributed by atoms with E-state index in [1.807, 2.05) is 0 Å². The number of carbonyl (C=O) groups excluding carboxylic acids is 2. The Morgan fingerprint density at radius 1 is 1.17 bits per heavy atom. The minimum Gasteiger partial charge on any atom is -0.365 e. The average molecular weight is 579 g/mol. The fourth-order valence-corrected chi connectivity index (χ4v) is 5.12. The van der Waals surface area contributed by atoms with Gasteiger partial charge in [-0.3, -0.25) is 9.59 Å². The lowest BCUT2D eigenvalue weighted by atomic mass is 10.0. The maximum Gasteiger partial charge on any atom is 0.433 e. The van der Waals surface area contributed by atoms with Crippen molar-refractivity contribution in [1.29, 1.82) is 0 Å². The van der Waals surface area contributed by atoms with Crippen LogP contribution in [-0.4, -0.2) is 31.4 Å². The van der Waals surface area contributed by atoms with Crippen LogP contribution in [-0.2, 0) is 6.18 Å². The van der Waals surface area contributed by atoms with Gasteiger partial charge in [-0.2, -0.15) is 18.3 Å². The monoisotopic (exact) mass is 578 g/mol. The van der Waals surface area contributed by atoms with E-state index in [0.29, 0.717) is 17.0 Å². The number of benzene rings is 1. The lowest BCUT2D eigenvalue weighted by Crippen LogP contribution is -2.17. The van der Waals surface area contributed by atoms with Gasteiger partial charge in [-0.1, -0.05) is 12.1 Å². The van der Waals surface area contributed by atoms with E-state index in [9.17, 15) is 27.2 Å². The van der Waals surface area contributed by atoms with E-state index in [2.05, 4.69) is 36.3 Å². The van der Waals surface area contributed by atoms with Crippen LogP contribution >= 0.6 is 27.3 Å². The molecule has 8 nitrogen and oxygen atoms in total. The Labute approximate surface area is 210 Å². The second-order valence-corrected chi connectivity index (χ2v) is 9.21. The molecule has 182 valence electrons. The molecule has 1 aromatic carbocycles. The van der Waals surface area contributed by atoms with Gasteiger partial charge < -0.3 is 11.1 Å². The van der Waals surface area contributed by atoms with Crippen molar-refractivity contribution in [2.45, 2.75) is 6.18 Å². The summed E-state index contributed by atoms with van der Waals surface area (Å²) in [6, 6.07) is 7.09. The van der Waals surface area contributed by atoms with Gasteiger partial charge in [0.15, 0.2) is 11.3 Å². The van der Waals surface area contributed by atoms with Gasteiger partial charge in [-0.15, -0.1) is 11.3 Å². The third-order valence-corrected chi connectivity index (χ3v) is 6.95. The summed E-state index contributed by atoms with van der Waals surface area (Å²) < 4.78 is 56.0. The predicted molar refractivity (Wildman–Crippen MR) is 127 cm³/mol. The molecule has 5 aromatic rings. The molecule has 0 saturated carbocycles. The summed E-state index contributed by atoms with van der Waals surface area (Å²) in [6.45, 7) is 0. The minimum atomic E-state index is -4.81. The normalized spacial score (nSPS) is 11.8. The van der Waals surface area contributed by atoms with Gasteiger partial charge in [0, 0.05) is 17.8 Å². The first-order valence-corrected chi connectivity index (χ1v) is 11.6. The van der Waals surface area contributed by atoms with Crippen molar-refractivity contribution >= 4 is 60.6 Å². The smallest absolute Gasteiger partial charge is 0.365 e. The average Bonchev–Trinajstić information content (AvgIpc) is 3.37. The number of carbonyl (C=O) groups is 2. The highest BCUT2D eigenvalue weighted by Crippen LogP contribution is 2.44. The molecule has 2 amide bonds. The first-order chi connectivity index (χ1) is 17.0. The molecule has 0 unspecified atom stereocenters. The number of primary amides is 1. The van der Waals surface area contributed by atoms with Crippen molar-refractivity contribution in [3.63, 3.8) is 0 Å². The van der Waals surface area contributed by atoms with E-state index in [1.54, 1.807) is 12.3 Å². The van der Waals surface area contributed by atoms with Crippen LogP contribution in [0.3, 0.4) is 0 Å². The molecule has 0 fully saturated rings. The molecule has 5 rings (SSSR count). The minimum absolute atomic E-state index is 0.0258. The Kier molecular flexibility index (Phi) is 5.71. The number of hydrogen-bond acceptors (Lipinski definition) is 6. The molecular weight excluding hydrogens is 568 g/mol. The zero-order valence-electron chi connectivity index (χ0n) is 17.6. The van der Waals surface area contributed by atoms with Crippen LogP contribution in [0.1, 0.15) is 25.9 Å². The molecule has 4 aromatic heterocycles. The number of hydrogen-bond donors (Lipinski definition) is 2. The van der Waals surface area contributed by atoms with Crippen molar-refractivity contribution in [3.05, 3.63) is 75.3 Å².